The lowest BCUT2D eigenvalue weighted by molar-refractivity contribution is 0.0399. The molecule has 0 N–H and O–H groups in total. The van der Waals surface area contributed by atoms with E-state index in [0.717, 1.165) is 24.8 Å². The average Bonchev–Trinajstić information content (AvgIpc) is 3.19. The van der Waals surface area contributed by atoms with Crippen LogP contribution >= 0.6 is 0 Å². The first-order valence-corrected chi connectivity index (χ1v) is 7.89. The predicted octanol–water partition coefficient (Wildman–Crippen LogP) is 3.84. The van der Waals surface area contributed by atoms with E-state index < -0.39 is 0 Å². The monoisotopic (exact) mass is 298 g/mol. The van der Waals surface area contributed by atoms with E-state index in [0.29, 0.717) is 12.3 Å². The van der Waals surface area contributed by atoms with Crippen LogP contribution in [-0.4, -0.2) is 22.1 Å². The van der Waals surface area contributed by atoms with Crippen molar-refractivity contribution in [2.75, 3.05) is 6.61 Å². The molecule has 0 radical (unpaired) electrons. The molecular weight excluding hydrogens is 276 g/mol. The van der Waals surface area contributed by atoms with Gasteiger partial charge in [0.15, 0.2) is 0 Å². The van der Waals surface area contributed by atoms with Crippen LogP contribution in [0.1, 0.15) is 55.2 Å². The zero-order chi connectivity index (χ0) is 15.6. The van der Waals surface area contributed by atoms with Crippen LogP contribution in [0.3, 0.4) is 0 Å². The Hall–Kier alpha value is -2.10. The normalized spacial score (nSPS) is 17.0. The van der Waals surface area contributed by atoms with E-state index in [4.69, 9.17) is 4.74 Å². The maximum Gasteiger partial charge on any atom is 0.356 e. The molecule has 0 aliphatic heterocycles. The van der Waals surface area contributed by atoms with Crippen molar-refractivity contribution < 1.29 is 9.53 Å². The second kappa shape index (κ2) is 5.95. The maximum atomic E-state index is 12.4. The van der Waals surface area contributed by atoms with Crippen LogP contribution in [-0.2, 0) is 4.74 Å². The molecule has 1 fully saturated rings. The van der Waals surface area contributed by atoms with Gasteiger partial charge in [-0.2, -0.15) is 0 Å². The summed E-state index contributed by atoms with van der Waals surface area (Å²) >= 11 is 0. The fourth-order valence-electron chi connectivity index (χ4n) is 2.73. The van der Waals surface area contributed by atoms with Gasteiger partial charge in [-0.15, -0.1) is 0 Å². The number of imidazole rings is 1. The summed E-state index contributed by atoms with van der Waals surface area (Å²) in [5.41, 5.74) is 1.90. The summed E-state index contributed by atoms with van der Waals surface area (Å²) in [6.07, 6.45) is 6.68. The minimum atomic E-state index is -0.278. The Labute approximate surface area is 131 Å². The van der Waals surface area contributed by atoms with Crippen molar-refractivity contribution in [3.8, 4) is 0 Å². The number of benzene rings is 1. The smallest absolute Gasteiger partial charge is 0.356 e. The maximum absolute atomic E-state index is 12.4. The molecule has 0 bridgehead atoms. The van der Waals surface area contributed by atoms with E-state index in [1.807, 2.05) is 22.8 Å². The van der Waals surface area contributed by atoms with E-state index in [1.54, 1.807) is 12.5 Å². The summed E-state index contributed by atoms with van der Waals surface area (Å²) in [5.74, 6) is -0.278. The van der Waals surface area contributed by atoms with Crippen molar-refractivity contribution in [3.63, 3.8) is 0 Å². The van der Waals surface area contributed by atoms with Gasteiger partial charge >= 0.3 is 5.97 Å². The minimum Gasteiger partial charge on any atom is -0.460 e. The Morgan fingerprint density at radius 3 is 2.73 bits per heavy atom. The van der Waals surface area contributed by atoms with Crippen molar-refractivity contribution >= 4 is 5.97 Å². The Kier molecular flexibility index (Phi) is 4.01. The first-order chi connectivity index (χ1) is 10.7. The first-order valence-electron chi connectivity index (χ1n) is 7.89. The third-order valence-corrected chi connectivity index (χ3v) is 4.79. The van der Waals surface area contributed by atoms with Crippen LogP contribution in [0, 0.1) is 5.41 Å². The number of aromatic nitrogens is 2. The van der Waals surface area contributed by atoms with Gasteiger partial charge in [0.05, 0.1) is 25.2 Å². The van der Waals surface area contributed by atoms with E-state index in [-0.39, 0.29) is 17.4 Å². The molecule has 0 saturated heterocycles. The van der Waals surface area contributed by atoms with Gasteiger partial charge in [-0.3, -0.25) is 0 Å². The summed E-state index contributed by atoms with van der Waals surface area (Å²) < 4.78 is 7.41. The molecule has 1 aromatic carbocycles. The largest absolute Gasteiger partial charge is 0.460 e. The third-order valence-electron chi connectivity index (χ3n) is 4.79. The topological polar surface area (TPSA) is 44.1 Å². The fraction of sp³-hybridized carbons (Fsp3) is 0.444. The highest BCUT2D eigenvalue weighted by Crippen LogP contribution is 2.48. The van der Waals surface area contributed by atoms with E-state index in [1.165, 1.54) is 0 Å². The van der Waals surface area contributed by atoms with Crippen molar-refractivity contribution in [1.29, 1.82) is 0 Å². The summed E-state index contributed by atoms with van der Waals surface area (Å²) in [6.45, 7) is 4.73. The first kappa shape index (κ1) is 14.8. The second-order valence-corrected chi connectivity index (χ2v) is 6.20. The molecule has 0 spiro atoms. The molecular formula is C18H22N2O2. The Morgan fingerprint density at radius 1 is 1.36 bits per heavy atom. The molecule has 116 valence electrons. The van der Waals surface area contributed by atoms with Crippen molar-refractivity contribution in [2.45, 2.75) is 39.2 Å². The molecule has 1 atom stereocenters. The molecule has 1 saturated carbocycles. The van der Waals surface area contributed by atoms with Crippen LogP contribution in [0.25, 0.3) is 0 Å². The average molecular weight is 298 g/mol. The van der Waals surface area contributed by atoms with Gasteiger partial charge < -0.3 is 9.30 Å². The fourth-order valence-corrected chi connectivity index (χ4v) is 2.73. The molecule has 1 aromatic heterocycles. The van der Waals surface area contributed by atoms with Gasteiger partial charge in [0.25, 0.3) is 0 Å². The van der Waals surface area contributed by atoms with Gasteiger partial charge in [0, 0.05) is 5.41 Å². The molecule has 22 heavy (non-hydrogen) atoms. The lowest BCUT2D eigenvalue weighted by Gasteiger charge is -2.17. The SMILES string of the molecule is CCC1(COC(=O)c2cncn2[C@H](C)c2ccccc2)CC1. The highest BCUT2D eigenvalue weighted by molar-refractivity contribution is 5.87. The Morgan fingerprint density at radius 2 is 2.09 bits per heavy atom. The number of esters is 1. The number of hydrogen-bond acceptors (Lipinski definition) is 3. The zero-order valence-electron chi connectivity index (χ0n) is 13.2. The van der Waals surface area contributed by atoms with Crippen LogP contribution in [0.5, 0.6) is 0 Å². The highest BCUT2D eigenvalue weighted by atomic mass is 16.5. The molecule has 0 amide bonds. The predicted molar refractivity (Wildman–Crippen MR) is 84.7 cm³/mol. The number of carbonyl (C=O) groups excluding carboxylic acids is 1. The molecule has 3 rings (SSSR count). The van der Waals surface area contributed by atoms with Gasteiger partial charge in [0.2, 0.25) is 0 Å². The Balaban J connectivity index is 1.73. The molecule has 2 aromatic rings. The summed E-state index contributed by atoms with van der Waals surface area (Å²) in [6, 6.07) is 10.1. The quantitative estimate of drug-likeness (QED) is 0.761. The summed E-state index contributed by atoms with van der Waals surface area (Å²) in [4.78, 5) is 16.5. The minimum absolute atomic E-state index is 0.0484. The number of ether oxygens (including phenoxy) is 1. The molecule has 1 aliphatic carbocycles. The number of rotatable bonds is 6. The van der Waals surface area contributed by atoms with Crippen LogP contribution in [0.15, 0.2) is 42.9 Å². The van der Waals surface area contributed by atoms with Crippen LogP contribution in [0.4, 0.5) is 0 Å². The molecule has 1 heterocycles. The van der Waals surface area contributed by atoms with E-state index in [2.05, 4.69) is 31.0 Å². The summed E-state index contributed by atoms with van der Waals surface area (Å²) in [5, 5.41) is 0. The zero-order valence-corrected chi connectivity index (χ0v) is 13.2. The number of hydrogen-bond donors (Lipinski definition) is 0. The number of nitrogens with zero attached hydrogens (tertiary/aromatic N) is 2. The van der Waals surface area contributed by atoms with Crippen molar-refractivity contribution in [1.82, 2.24) is 9.55 Å². The van der Waals surface area contributed by atoms with Crippen molar-refractivity contribution in [3.05, 3.63) is 54.1 Å². The standard InChI is InChI=1S/C18H22N2O2/c1-3-18(9-10-18)12-22-17(21)16-11-19-13-20(16)14(2)15-7-5-4-6-8-15/h4-8,11,13-14H,3,9-10,12H2,1-2H3/t14-/m1/s1. The van der Waals surface area contributed by atoms with Crippen LogP contribution < -0.4 is 0 Å². The van der Waals surface area contributed by atoms with Crippen molar-refractivity contribution in [2.24, 2.45) is 5.41 Å². The van der Waals surface area contributed by atoms with E-state index in [9.17, 15) is 4.79 Å². The second-order valence-electron chi connectivity index (χ2n) is 6.20. The van der Waals surface area contributed by atoms with Gasteiger partial charge in [-0.1, -0.05) is 37.3 Å². The molecule has 4 heteroatoms. The molecule has 4 nitrogen and oxygen atoms in total. The van der Waals surface area contributed by atoms with Gasteiger partial charge in [-0.25, -0.2) is 9.78 Å². The summed E-state index contributed by atoms with van der Waals surface area (Å²) in [7, 11) is 0. The van der Waals surface area contributed by atoms with Crippen LogP contribution in [0.2, 0.25) is 0 Å². The van der Waals surface area contributed by atoms with Gasteiger partial charge in [-0.05, 0) is 31.7 Å². The van der Waals surface area contributed by atoms with E-state index >= 15 is 0 Å². The molecule has 1 aliphatic rings. The lowest BCUT2D eigenvalue weighted by Crippen LogP contribution is -2.19. The highest BCUT2D eigenvalue weighted by Gasteiger charge is 2.42. The van der Waals surface area contributed by atoms with Gasteiger partial charge in [0.1, 0.15) is 5.69 Å². The number of carbonyl (C=O) groups is 1. The Bertz CT molecular complexity index is 644. The lowest BCUT2D eigenvalue weighted by atomic mass is 10.1. The third kappa shape index (κ3) is 2.91. The molecule has 0 unspecified atom stereocenters.